The summed E-state index contributed by atoms with van der Waals surface area (Å²) >= 11 is 2.19. The molecular weight excluding hydrogens is 521 g/mol. The molecule has 2 aromatic rings. The van der Waals surface area contributed by atoms with Crippen LogP contribution in [0.15, 0.2) is 36.8 Å². The molecule has 31 heavy (non-hydrogen) atoms. The van der Waals surface area contributed by atoms with Gasteiger partial charge in [0.25, 0.3) is 0 Å². The van der Waals surface area contributed by atoms with Gasteiger partial charge >= 0.3 is 0 Å². The van der Waals surface area contributed by atoms with Gasteiger partial charge in [-0.2, -0.15) is 0 Å². The second kappa shape index (κ2) is 9.95. The molecule has 2 aliphatic rings. The maximum atomic E-state index is 11.8. The maximum Gasteiger partial charge on any atom is 0.168 e. The minimum Gasteiger partial charge on any atom is -0.383 e. The van der Waals surface area contributed by atoms with Crippen LogP contribution in [0.3, 0.4) is 0 Å². The van der Waals surface area contributed by atoms with E-state index in [2.05, 4.69) is 49.8 Å². The predicted octanol–water partition coefficient (Wildman–Crippen LogP) is 4.46. The molecule has 2 saturated heterocycles. The number of hydrogen-bond donors (Lipinski definition) is 1. The first-order valence-corrected chi connectivity index (χ1v) is 14.1. The fourth-order valence-electron chi connectivity index (χ4n) is 4.79. The molecule has 0 bridgehead atoms. The third kappa shape index (κ3) is 4.96. The fourth-order valence-corrected chi connectivity index (χ4v) is 6.14. The summed E-state index contributed by atoms with van der Waals surface area (Å²) in [4.78, 5) is 21.0. The predicted molar refractivity (Wildman–Crippen MR) is 138 cm³/mol. The second-order valence-corrected chi connectivity index (χ2v) is 10.5. The second-order valence-electron chi connectivity index (χ2n) is 8.78. The van der Waals surface area contributed by atoms with Gasteiger partial charge in [-0.25, -0.2) is 4.98 Å². The van der Waals surface area contributed by atoms with Crippen LogP contribution in [0.25, 0.3) is 5.57 Å². The van der Waals surface area contributed by atoms with E-state index in [-0.39, 0.29) is 0 Å². The standard InChI is InChI=1S/C23H30IN5OS/c1-27(2)16-20(19-5-12-29(31-24)21(19)17-30)18-3-4-22(26-15-18)28-13-8-23(9-14-28)6-10-25-11-7-23/h3-5,12,15-17,25H,6-11,13-14H2,1-2H3/b20-16-. The van der Waals surface area contributed by atoms with Crippen molar-refractivity contribution in [1.82, 2.24) is 19.2 Å². The first-order valence-electron chi connectivity index (χ1n) is 10.8. The smallest absolute Gasteiger partial charge is 0.168 e. The Morgan fingerprint density at radius 2 is 1.94 bits per heavy atom. The first-order chi connectivity index (χ1) is 15.0. The van der Waals surface area contributed by atoms with Crippen molar-refractivity contribution in [2.45, 2.75) is 25.7 Å². The van der Waals surface area contributed by atoms with E-state index in [1.54, 1.807) is 0 Å². The molecule has 6 nitrogen and oxygen atoms in total. The molecule has 0 aliphatic carbocycles. The molecule has 1 spiro atoms. The number of anilines is 1. The molecule has 2 aromatic heterocycles. The SMILES string of the molecule is CN(C)/C=C(/c1ccc(N2CCC3(CCNCC3)CC2)nc1)c1ccn(SI)c1C=O. The number of nitrogens with one attached hydrogen (secondary N) is 1. The highest BCUT2D eigenvalue weighted by molar-refractivity contribution is 14.2. The Balaban J connectivity index is 1.54. The maximum absolute atomic E-state index is 11.8. The third-order valence-corrected chi connectivity index (χ3v) is 8.36. The molecule has 4 heterocycles. The van der Waals surface area contributed by atoms with Gasteiger partial charge in [0.2, 0.25) is 0 Å². The molecule has 4 rings (SSSR count). The quantitative estimate of drug-likeness (QED) is 0.423. The van der Waals surface area contributed by atoms with Gasteiger partial charge in [-0.1, -0.05) is 0 Å². The molecule has 0 unspecified atom stereocenters. The number of aldehydes is 1. The summed E-state index contributed by atoms with van der Waals surface area (Å²) in [6.07, 6.45) is 12.0. The first kappa shape index (κ1) is 22.7. The number of aromatic nitrogens is 2. The molecule has 0 saturated carbocycles. The molecule has 0 radical (unpaired) electrons. The van der Waals surface area contributed by atoms with E-state index in [0.717, 1.165) is 55.0 Å². The summed E-state index contributed by atoms with van der Waals surface area (Å²) in [5.41, 5.74) is 4.15. The highest BCUT2D eigenvalue weighted by Gasteiger charge is 2.35. The number of nitrogens with zero attached hydrogens (tertiary/aromatic N) is 4. The zero-order valence-corrected chi connectivity index (χ0v) is 21.2. The molecule has 2 aliphatic heterocycles. The lowest BCUT2D eigenvalue weighted by Crippen LogP contribution is -2.45. The monoisotopic (exact) mass is 551 g/mol. The van der Waals surface area contributed by atoms with Crippen molar-refractivity contribution in [2.24, 2.45) is 5.41 Å². The fraction of sp³-hybridized carbons (Fsp3) is 0.478. The van der Waals surface area contributed by atoms with E-state index in [9.17, 15) is 4.79 Å². The average Bonchev–Trinajstić information content (AvgIpc) is 3.21. The highest BCUT2D eigenvalue weighted by Crippen LogP contribution is 2.40. The molecule has 0 amide bonds. The Labute approximate surface area is 201 Å². The lowest BCUT2D eigenvalue weighted by atomic mass is 9.71. The third-order valence-electron chi connectivity index (χ3n) is 6.62. The molecule has 8 heteroatoms. The van der Waals surface area contributed by atoms with Gasteiger partial charge in [0, 0.05) is 92.8 Å². The Morgan fingerprint density at radius 3 is 2.52 bits per heavy atom. The number of piperidine rings is 2. The Bertz CT molecular complexity index is 924. The number of carbonyl (C=O) groups is 1. The number of hydrogen-bond acceptors (Lipinski definition) is 6. The van der Waals surface area contributed by atoms with E-state index in [1.165, 1.54) is 34.8 Å². The zero-order chi connectivity index (χ0) is 21.8. The van der Waals surface area contributed by atoms with E-state index in [1.807, 2.05) is 41.4 Å². The minimum absolute atomic E-state index is 0.540. The van der Waals surface area contributed by atoms with Gasteiger partial charge in [-0.15, -0.1) is 0 Å². The highest BCUT2D eigenvalue weighted by atomic mass is 127. The van der Waals surface area contributed by atoms with Crippen molar-refractivity contribution >= 4 is 48.0 Å². The van der Waals surface area contributed by atoms with Crippen LogP contribution >= 0.6 is 30.3 Å². The lowest BCUT2D eigenvalue weighted by Gasteiger charge is -2.44. The minimum atomic E-state index is 0.540. The van der Waals surface area contributed by atoms with Gasteiger partial charge < -0.3 is 15.1 Å². The summed E-state index contributed by atoms with van der Waals surface area (Å²) in [5.74, 6) is 1.05. The van der Waals surface area contributed by atoms with E-state index >= 15 is 0 Å². The van der Waals surface area contributed by atoms with E-state index in [0.29, 0.717) is 11.1 Å². The van der Waals surface area contributed by atoms with Crippen molar-refractivity contribution in [3.05, 3.63) is 53.6 Å². The molecule has 0 aromatic carbocycles. The van der Waals surface area contributed by atoms with Crippen LogP contribution in [-0.2, 0) is 0 Å². The van der Waals surface area contributed by atoms with Crippen molar-refractivity contribution in [3.63, 3.8) is 0 Å². The van der Waals surface area contributed by atoms with Crippen LogP contribution in [0.5, 0.6) is 0 Å². The van der Waals surface area contributed by atoms with Crippen LogP contribution in [0, 0.1) is 5.41 Å². The largest absolute Gasteiger partial charge is 0.383 e. The molecule has 166 valence electrons. The number of halogens is 1. The topological polar surface area (TPSA) is 53.4 Å². The van der Waals surface area contributed by atoms with E-state index in [4.69, 9.17) is 4.98 Å². The van der Waals surface area contributed by atoms with Crippen molar-refractivity contribution < 1.29 is 4.79 Å². The average molecular weight is 551 g/mol. The molecule has 0 atom stereocenters. The van der Waals surface area contributed by atoms with Crippen molar-refractivity contribution in [3.8, 4) is 0 Å². The van der Waals surface area contributed by atoms with Gasteiger partial charge in [0.05, 0.1) is 0 Å². The van der Waals surface area contributed by atoms with Crippen LogP contribution in [0.1, 0.15) is 47.3 Å². The van der Waals surface area contributed by atoms with Crippen LogP contribution < -0.4 is 10.2 Å². The summed E-state index contributed by atoms with van der Waals surface area (Å²) in [6.45, 7) is 4.48. The Kier molecular flexibility index (Phi) is 7.28. The van der Waals surface area contributed by atoms with Gasteiger partial charge in [-0.3, -0.25) is 8.77 Å². The van der Waals surface area contributed by atoms with Crippen LogP contribution in [0.4, 0.5) is 5.82 Å². The number of carbonyl (C=O) groups excluding carboxylic acids is 1. The Morgan fingerprint density at radius 1 is 1.19 bits per heavy atom. The normalized spacial score (nSPS) is 18.9. The number of rotatable bonds is 6. The summed E-state index contributed by atoms with van der Waals surface area (Å²) in [7, 11) is 5.48. The van der Waals surface area contributed by atoms with Gasteiger partial charge in [0.15, 0.2) is 6.29 Å². The van der Waals surface area contributed by atoms with Gasteiger partial charge in [0.1, 0.15) is 11.5 Å². The van der Waals surface area contributed by atoms with Crippen molar-refractivity contribution in [2.75, 3.05) is 45.2 Å². The van der Waals surface area contributed by atoms with Crippen LogP contribution in [0.2, 0.25) is 0 Å². The zero-order valence-electron chi connectivity index (χ0n) is 18.2. The summed E-state index contributed by atoms with van der Waals surface area (Å²) in [6, 6.07) is 6.27. The van der Waals surface area contributed by atoms with Gasteiger partial charge in [-0.05, 0) is 62.4 Å². The Hall–Kier alpha value is -1.52. The molecular formula is C23H30IN5OS. The van der Waals surface area contributed by atoms with Crippen molar-refractivity contribution in [1.29, 1.82) is 0 Å². The van der Waals surface area contributed by atoms with Crippen LogP contribution in [-0.4, -0.2) is 60.4 Å². The summed E-state index contributed by atoms with van der Waals surface area (Å²) < 4.78 is 1.89. The molecule has 2 fully saturated rings. The number of pyridine rings is 1. The summed E-state index contributed by atoms with van der Waals surface area (Å²) in [5, 5.41) is 3.50. The lowest BCUT2D eigenvalue weighted by molar-refractivity contribution is 0.111. The molecule has 1 N–H and O–H groups in total. The van der Waals surface area contributed by atoms with E-state index < -0.39 is 0 Å².